The van der Waals surface area contributed by atoms with Crippen LogP contribution in [-0.4, -0.2) is 16.4 Å². The maximum absolute atomic E-state index is 12.3. The van der Waals surface area contributed by atoms with E-state index in [1.165, 1.54) is 0 Å². The molecule has 1 aromatic heterocycles. The molecule has 1 aromatic carbocycles. The van der Waals surface area contributed by atoms with Gasteiger partial charge in [0.25, 0.3) is 5.91 Å². The van der Waals surface area contributed by atoms with Crippen LogP contribution in [0.15, 0.2) is 36.5 Å². The fourth-order valence-electron chi connectivity index (χ4n) is 1.86. The van der Waals surface area contributed by atoms with E-state index in [0.29, 0.717) is 15.7 Å². The summed E-state index contributed by atoms with van der Waals surface area (Å²) in [5, 5.41) is 6.74. The number of pyridine rings is 1. The highest BCUT2D eigenvalue weighted by Crippen LogP contribution is 2.30. The number of hydrogen-bond acceptors (Lipinski definition) is 3. The van der Waals surface area contributed by atoms with Crippen molar-refractivity contribution in [2.45, 2.75) is 26.3 Å². The Labute approximate surface area is 139 Å². The van der Waals surface area contributed by atoms with Crippen molar-refractivity contribution in [3.8, 4) is 0 Å². The SMILES string of the molecule is CC(C)(C)Nc1ccnc(C(=O)Nc2c(Cl)cccc2Cl)c1. The average molecular weight is 338 g/mol. The van der Waals surface area contributed by atoms with Gasteiger partial charge >= 0.3 is 0 Å². The van der Waals surface area contributed by atoms with Crippen molar-refractivity contribution in [1.29, 1.82) is 0 Å². The van der Waals surface area contributed by atoms with Crippen LogP contribution < -0.4 is 10.6 Å². The van der Waals surface area contributed by atoms with Crippen molar-refractivity contribution < 1.29 is 4.79 Å². The number of amides is 1. The number of carbonyl (C=O) groups is 1. The Morgan fingerprint density at radius 1 is 1.14 bits per heavy atom. The molecule has 4 nitrogen and oxygen atoms in total. The first-order valence-corrected chi connectivity index (χ1v) is 7.51. The van der Waals surface area contributed by atoms with Crippen LogP contribution in [0.1, 0.15) is 31.3 Å². The van der Waals surface area contributed by atoms with E-state index in [9.17, 15) is 4.79 Å². The van der Waals surface area contributed by atoms with Gasteiger partial charge in [0, 0.05) is 17.4 Å². The zero-order chi connectivity index (χ0) is 16.3. The highest BCUT2D eigenvalue weighted by molar-refractivity contribution is 6.40. The lowest BCUT2D eigenvalue weighted by Gasteiger charge is -2.22. The molecule has 22 heavy (non-hydrogen) atoms. The molecule has 6 heteroatoms. The first-order valence-electron chi connectivity index (χ1n) is 6.76. The number of aromatic nitrogens is 1. The molecule has 1 heterocycles. The molecular weight excluding hydrogens is 321 g/mol. The van der Waals surface area contributed by atoms with E-state index in [4.69, 9.17) is 23.2 Å². The van der Waals surface area contributed by atoms with Crippen LogP contribution in [-0.2, 0) is 0 Å². The molecule has 0 aliphatic heterocycles. The van der Waals surface area contributed by atoms with E-state index < -0.39 is 0 Å². The predicted molar refractivity (Wildman–Crippen MR) is 92.0 cm³/mol. The smallest absolute Gasteiger partial charge is 0.274 e. The van der Waals surface area contributed by atoms with Crippen molar-refractivity contribution in [2.24, 2.45) is 0 Å². The van der Waals surface area contributed by atoms with E-state index in [-0.39, 0.29) is 17.1 Å². The Balaban J connectivity index is 2.22. The van der Waals surface area contributed by atoms with Gasteiger partial charge in [0.15, 0.2) is 0 Å². The summed E-state index contributed by atoms with van der Waals surface area (Å²) < 4.78 is 0. The lowest BCUT2D eigenvalue weighted by molar-refractivity contribution is 0.102. The lowest BCUT2D eigenvalue weighted by atomic mass is 10.1. The molecule has 0 fully saturated rings. The highest BCUT2D eigenvalue weighted by atomic mass is 35.5. The van der Waals surface area contributed by atoms with Crippen LogP contribution in [0.3, 0.4) is 0 Å². The van der Waals surface area contributed by atoms with Crippen molar-refractivity contribution >= 4 is 40.5 Å². The number of rotatable bonds is 3. The van der Waals surface area contributed by atoms with Gasteiger partial charge in [-0.1, -0.05) is 29.3 Å². The van der Waals surface area contributed by atoms with Crippen molar-refractivity contribution in [3.63, 3.8) is 0 Å². The third kappa shape index (κ3) is 4.36. The van der Waals surface area contributed by atoms with Crippen molar-refractivity contribution in [1.82, 2.24) is 4.98 Å². The number of nitrogens with one attached hydrogen (secondary N) is 2. The predicted octanol–water partition coefficient (Wildman–Crippen LogP) is 4.85. The second-order valence-corrected chi connectivity index (χ2v) is 6.67. The van der Waals surface area contributed by atoms with Crippen LogP contribution in [0.4, 0.5) is 11.4 Å². The second kappa shape index (κ2) is 6.55. The second-order valence-electron chi connectivity index (χ2n) is 5.86. The van der Waals surface area contributed by atoms with E-state index in [1.807, 2.05) is 26.8 Å². The van der Waals surface area contributed by atoms with E-state index in [1.54, 1.807) is 30.5 Å². The normalized spacial score (nSPS) is 11.1. The molecule has 116 valence electrons. The number of halogens is 2. The van der Waals surface area contributed by atoms with E-state index in [0.717, 1.165) is 5.69 Å². The third-order valence-corrected chi connectivity index (χ3v) is 3.34. The summed E-state index contributed by atoms with van der Waals surface area (Å²) in [5.74, 6) is -0.368. The van der Waals surface area contributed by atoms with Crippen molar-refractivity contribution in [3.05, 3.63) is 52.3 Å². The summed E-state index contributed by atoms with van der Waals surface area (Å²) in [6, 6.07) is 8.53. The minimum absolute atomic E-state index is 0.110. The largest absolute Gasteiger partial charge is 0.380 e. The van der Waals surface area contributed by atoms with Crippen LogP contribution >= 0.6 is 23.2 Å². The average Bonchev–Trinajstić information content (AvgIpc) is 2.41. The first-order chi connectivity index (χ1) is 10.3. The summed E-state index contributed by atoms with van der Waals surface area (Å²) in [4.78, 5) is 16.4. The molecule has 2 N–H and O–H groups in total. The van der Waals surface area contributed by atoms with Crippen LogP contribution in [0.5, 0.6) is 0 Å². The summed E-state index contributed by atoms with van der Waals surface area (Å²) in [5.41, 5.74) is 1.37. The van der Waals surface area contributed by atoms with Crippen LogP contribution in [0.25, 0.3) is 0 Å². The van der Waals surface area contributed by atoms with Gasteiger partial charge in [0.2, 0.25) is 0 Å². The summed E-state index contributed by atoms with van der Waals surface area (Å²) >= 11 is 12.1. The molecule has 0 saturated carbocycles. The molecular formula is C16H17Cl2N3O. The first kappa shape index (κ1) is 16.6. The molecule has 1 amide bonds. The standard InChI is InChI=1S/C16H17Cl2N3O/c1-16(2,3)21-10-7-8-19-13(9-10)15(22)20-14-11(17)5-4-6-12(14)18/h4-9H,1-3H3,(H,19,21)(H,20,22). The van der Waals surface area contributed by atoms with Crippen LogP contribution in [0.2, 0.25) is 10.0 Å². The van der Waals surface area contributed by atoms with Crippen LogP contribution in [0, 0.1) is 0 Å². The van der Waals surface area contributed by atoms with Gasteiger partial charge in [-0.3, -0.25) is 9.78 Å². The number of anilines is 2. The van der Waals surface area contributed by atoms with Gasteiger partial charge in [-0.05, 0) is 45.0 Å². The quantitative estimate of drug-likeness (QED) is 0.841. The van der Waals surface area contributed by atoms with Gasteiger partial charge in [-0.2, -0.15) is 0 Å². The molecule has 0 spiro atoms. The molecule has 0 radical (unpaired) electrons. The topological polar surface area (TPSA) is 54.0 Å². The molecule has 2 aromatic rings. The van der Waals surface area contributed by atoms with Gasteiger partial charge < -0.3 is 10.6 Å². The molecule has 0 aliphatic rings. The Morgan fingerprint density at radius 3 is 2.36 bits per heavy atom. The molecule has 0 atom stereocenters. The number of para-hydroxylation sites is 1. The zero-order valence-corrected chi connectivity index (χ0v) is 14.1. The van der Waals surface area contributed by atoms with Gasteiger partial charge in [0.05, 0.1) is 15.7 Å². The summed E-state index contributed by atoms with van der Waals surface area (Å²) in [6.45, 7) is 6.12. The number of carbonyl (C=O) groups excluding carboxylic acids is 1. The summed E-state index contributed by atoms with van der Waals surface area (Å²) in [6.07, 6.45) is 1.58. The zero-order valence-electron chi connectivity index (χ0n) is 12.6. The fourth-order valence-corrected chi connectivity index (χ4v) is 2.35. The Morgan fingerprint density at radius 2 is 1.77 bits per heavy atom. The molecule has 0 bridgehead atoms. The van der Waals surface area contributed by atoms with Crippen molar-refractivity contribution in [2.75, 3.05) is 10.6 Å². The lowest BCUT2D eigenvalue weighted by Crippen LogP contribution is -2.26. The number of nitrogens with zero attached hydrogens (tertiary/aromatic N) is 1. The fraction of sp³-hybridized carbons (Fsp3) is 0.250. The Kier molecular flexibility index (Phi) is 4.94. The van der Waals surface area contributed by atoms with E-state index in [2.05, 4.69) is 15.6 Å². The summed E-state index contributed by atoms with van der Waals surface area (Å²) in [7, 11) is 0. The number of hydrogen-bond donors (Lipinski definition) is 2. The number of benzene rings is 1. The van der Waals surface area contributed by atoms with Gasteiger partial charge in [0.1, 0.15) is 5.69 Å². The third-order valence-electron chi connectivity index (χ3n) is 2.71. The monoisotopic (exact) mass is 337 g/mol. The van der Waals surface area contributed by atoms with Gasteiger partial charge in [-0.25, -0.2) is 0 Å². The molecule has 0 unspecified atom stereocenters. The molecule has 0 saturated heterocycles. The highest BCUT2D eigenvalue weighted by Gasteiger charge is 2.14. The maximum atomic E-state index is 12.3. The van der Waals surface area contributed by atoms with E-state index >= 15 is 0 Å². The Hall–Kier alpha value is -1.78. The Bertz CT molecular complexity index is 676. The molecule has 0 aliphatic carbocycles. The minimum Gasteiger partial charge on any atom is -0.380 e. The maximum Gasteiger partial charge on any atom is 0.274 e. The minimum atomic E-state index is -0.368. The molecule has 2 rings (SSSR count). The van der Waals surface area contributed by atoms with Gasteiger partial charge in [-0.15, -0.1) is 0 Å².